The zero-order valence-electron chi connectivity index (χ0n) is 16.1. The van der Waals surface area contributed by atoms with Gasteiger partial charge in [-0.15, -0.1) is 0 Å². The molecule has 0 saturated carbocycles. The summed E-state index contributed by atoms with van der Waals surface area (Å²) in [7, 11) is 0. The fourth-order valence-electron chi connectivity index (χ4n) is 3.02. The quantitative estimate of drug-likeness (QED) is 0.900. The van der Waals surface area contributed by atoms with E-state index >= 15 is 0 Å². The Morgan fingerprint density at radius 1 is 1.04 bits per heavy atom. The van der Waals surface area contributed by atoms with Crippen LogP contribution in [0.5, 0.6) is 0 Å². The van der Waals surface area contributed by atoms with Crippen molar-refractivity contribution >= 4 is 11.9 Å². The van der Waals surface area contributed by atoms with Crippen LogP contribution in [-0.4, -0.2) is 52.9 Å². The average Bonchev–Trinajstić information content (AvgIpc) is 2.67. The van der Waals surface area contributed by atoms with Gasteiger partial charge in [0.25, 0.3) is 0 Å². The number of pyridine rings is 1. The number of nitrogens with zero attached hydrogens (tertiary/aromatic N) is 3. The molecule has 1 fully saturated rings. The summed E-state index contributed by atoms with van der Waals surface area (Å²) in [5.74, 6) is 0.850. The highest BCUT2D eigenvalue weighted by Gasteiger charge is 2.26. The number of hydrogen-bond donors (Lipinski definition) is 1. The summed E-state index contributed by atoms with van der Waals surface area (Å²) >= 11 is 0. The molecule has 144 valence electrons. The van der Waals surface area contributed by atoms with E-state index in [-0.39, 0.29) is 6.09 Å². The third-order valence-corrected chi connectivity index (χ3v) is 4.46. The van der Waals surface area contributed by atoms with E-state index in [0.717, 1.165) is 16.9 Å². The van der Waals surface area contributed by atoms with Crippen molar-refractivity contribution in [2.45, 2.75) is 32.5 Å². The Morgan fingerprint density at radius 2 is 1.70 bits per heavy atom. The Kier molecular flexibility index (Phi) is 5.65. The number of rotatable bonds is 3. The second kappa shape index (κ2) is 7.96. The Balaban J connectivity index is 1.58. The highest BCUT2D eigenvalue weighted by molar-refractivity contribution is 5.68. The number of carbonyl (C=O) groups excluding carboxylic acids is 1. The molecule has 2 heterocycles. The first kappa shape index (κ1) is 19.2. The molecule has 0 bridgehead atoms. The van der Waals surface area contributed by atoms with Crippen LogP contribution >= 0.6 is 0 Å². The molecular weight excluding hydrogens is 342 g/mol. The monoisotopic (exact) mass is 369 g/mol. The molecule has 0 aliphatic carbocycles. The average molecular weight is 369 g/mol. The van der Waals surface area contributed by atoms with Gasteiger partial charge in [0, 0.05) is 37.9 Å². The van der Waals surface area contributed by atoms with E-state index in [9.17, 15) is 9.90 Å². The normalized spacial score (nSPS) is 16.1. The number of ether oxygens (including phenoxy) is 1. The lowest BCUT2D eigenvalue weighted by Crippen LogP contribution is -2.50. The van der Waals surface area contributed by atoms with Crippen LogP contribution in [0.25, 0.3) is 0 Å². The lowest BCUT2D eigenvalue weighted by molar-refractivity contribution is 0.0240. The number of anilines is 1. The minimum Gasteiger partial charge on any atom is -0.444 e. The van der Waals surface area contributed by atoms with Gasteiger partial charge in [0.05, 0.1) is 0 Å². The molecule has 6 heteroatoms. The maximum absolute atomic E-state index is 12.2. The van der Waals surface area contributed by atoms with Crippen LogP contribution in [0.1, 0.15) is 38.0 Å². The minimum absolute atomic E-state index is 0.267. The molecule has 3 rings (SSSR count). The van der Waals surface area contributed by atoms with Gasteiger partial charge in [0.1, 0.15) is 17.5 Å². The lowest BCUT2D eigenvalue weighted by Gasteiger charge is -2.36. The first-order valence-electron chi connectivity index (χ1n) is 9.25. The molecular formula is C21H27N3O3. The summed E-state index contributed by atoms with van der Waals surface area (Å²) in [5, 5.41) is 10.5. The number of benzene rings is 1. The highest BCUT2D eigenvalue weighted by atomic mass is 16.6. The van der Waals surface area contributed by atoms with Crippen molar-refractivity contribution in [2.24, 2.45) is 0 Å². The van der Waals surface area contributed by atoms with E-state index in [1.807, 2.05) is 63.2 Å². The van der Waals surface area contributed by atoms with Crippen LogP contribution in [-0.2, 0) is 4.74 Å². The van der Waals surface area contributed by atoms with Gasteiger partial charge < -0.3 is 19.6 Å². The van der Waals surface area contributed by atoms with E-state index in [2.05, 4.69) is 9.88 Å². The topological polar surface area (TPSA) is 65.9 Å². The van der Waals surface area contributed by atoms with E-state index in [0.29, 0.717) is 26.2 Å². The summed E-state index contributed by atoms with van der Waals surface area (Å²) in [5.41, 5.74) is 1.13. The summed E-state index contributed by atoms with van der Waals surface area (Å²) in [4.78, 5) is 20.5. The molecule has 27 heavy (non-hydrogen) atoms. The van der Waals surface area contributed by atoms with Crippen LogP contribution in [0, 0.1) is 0 Å². The maximum atomic E-state index is 12.2. The zero-order chi connectivity index (χ0) is 19.4. The smallest absolute Gasteiger partial charge is 0.410 e. The van der Waals surface area contributed by atoms with Gasteiger partial charge in [-0.1, -0.05) is 36.4 Å². The SMILES string of the molecule is CC(C)(C)OC(=O)N1CCN(c2ccc([C@H](O)c3ccccc3)cn2)CC1. The first-order valence-corrected chi connectivity index (χ1v) is 9.25. The molecule has 0 unspecified atom stereocenters. The highest BCUT2D eigenvalue weighted by Crippen LogP contribution is 2.23. The number of carbonyl (C=O) groups is 1. The van der Waals surface area contributed by atoms with Crippen molar-refractivity contribution in [3.05, 3.63) is 59.8 Å². The van der Waals surface area contributed by atoms with Crippen LogP contribution in [0.3, 0.4) is 0 Å². The van der Waals surface area contributed by atoms with Crippen molar-refractivity contribution in [3.8, 4) is 0 Å². The van der Waals surface area contributed by atoms with Crippen molar-refractivity contribution in [2.75, 3.05) is 31.1 Å². The number of aliphatic hydroxyl groups excluding tert-OH is 1. The van der Waals surface area contributed by atoms with Crippen molar-refractivity contribution in [3.63, 3.8) is 0 Å². The van der Waals surface area contributed by atoms with Gasteiger partial charge in [-0.25, -0.2) is 9.78 Å². The molecule has 0 spiro atoms. The summed E-state index contributed by atoms with van der Waals surface area (Å²) in [6.07, 6.45) is 0.765. The molecule has 1 atom stereocenters. The molecule has 1 aromatic carbocycles. The van der Waals surface area contributed by atoms with E-state index in [1.165, 1.54) is 0 Å². The fraction of sp³-hybridized carbons (Fsp3) is 0.429. The summed E-state index contributed by atoms with van der Waals surface area (Å²) in [6, 6.07) is 13.4. The Labute approximate surface area is 160 Å². The predicted molar refractivity (Wildman–Crippen MR) is 105 cm³/mol. The first-order chi connectivity index (χ1) is 12.8. The minimum atomic E-state index is -0.684. The number of aliphatic hydroxyl groups is 1. The second-order valence-electron chi connectivity index (χ2n) is 7.72. The summed E-state index contributed by atoms with van der Waals surface area (Å²) < 4.78 is 5.43. The Hall–Kier alpha value is -2.60. The molecule has 1 aromatic heterocycles. The van der Waals surface area contributed by atoms with E-state index in [1.54, 1.807) is 11.1 Å². The largest absolute Gasteiger partial charge is 0.444 e. The van der Waals surface area contributed by atoms with E-state index in [4.69, 9.17) is 4.74 Å². The zero-order valence-corrected chi connectivity index (χ0v) is 16.1. The van der Waals surface area contributed by atoms with Crippen molar-refractivity contribution in [1.82, 2.24) is 9.88 Å². The third-order valence-electron chi connectivity index (χ3n) is 4.46. The van der Waals surface area contributed by atoms with E-state index < -0.39 is 11.7 Å². The molecule has 1 saturated heterocycles. The van der Waals surface area contributed by atoms with Gasteiger partial charge in [0.2, 0.25) is 0 Å². The van der Waals surface area contributed by atoms with Gasteiger partial charge >= 0.3 is 6.09 Å². The van der Waals surface area contributed by atoms with Crippen LogP contribution in [0.2, 0.25) is 0 Å². The third kappa shape index (κ3) is 4.98. The molecule has 6 nitrogen and oxygen atoms in total. The molecule has 1 aliphatic rings. The molecule has 0 radical (unpaired) electrons. The second-order valence-corrected chi connectivity index (χ2v) is 7.72. The van der Waals surface area contributed by atoms with Gasteiger partial charge in [0.15, 0.2) is 0 Å². The number of amides is 1. The van der Waals surface area contributed by atoms with Gasteiger partial charge in [-0.3, -0.25) is 0 Å². The van der Waals surface area contributed by atoms with Crippen LogP contribution in [0.15, 0.2) is 48.7 Å². The number of aromatic nitrogens is 1. The standard InChI is InChI=1S/C21H27N3O3/c1-21(2,3)27-20(26)24-13-11-23(12-14-24)18-10-9-17(15-22-18)19(25)16-7-5-4-6-8-16/h4-10,15,19,25H,11-14H2,1-3H3/t19-/m1/s1. The Morgan fingerprint density at radius 3 is 2.26 bits per heavy atom. The maximum Gasteiger partial charge on any atom is 0.410 e. The molecule has 2 aromatic rings. The molecule has 1 amide bonds. The van der Waals surface area contributed by atoms with Crippen molar-refractivity contribution in [1.29, 1.82) is 0 Å². The Bertz CT molecular complexity index is 748. The summed E-state index contributed by atoms with van der Waals surface area (Å²) in [6.45, 7) is 8.22. The van der Waals surface area contributed by atoms with Gasteiger partial charge in [-0.2, -0.15) is 0 Å². The molecule has 1 aliphatic heterocycles. The predicted octanol–water partition coefficient (Wildman–Crippen LogP) is 3.22. The lowest BCUT2D eigenvalue weighted by atomic mass is 10.0. The molecule has 1 N–H and O–H groups in total. The fourth-order valence-corrected chi connectivity index (χ4v) is 3.02. The number of piperazine rings is 1. The van der Waals surface area contributed by atoms with Crippen molar-refractivity contribution < 1.29 is 14.6 Å². The van der Waals surface area contributed by atoms with Gasteiger partial charge in [-0.05, 0) is 32.4 Å². The van der Waals surface area contributed by atoms with Crippen LogP contribution in [0.4, 0.5) is 10.6 Å². The van der Waals surface area contributed by atoms with Crippen LogP contribution < -0.4 is 4.90 Å². The number of hydrogen-bond acceptors (Lipinski definition) is 5.